The molecule has 4 nitrogen and oxygen atoms in total. The first-order valence-electron chi connectivity index (χ1n) is 10.4. The highest BCUT2D eigenvalue weighted by Gasteiger charge is 2.12. The summed E-state index contributed by atoms with van der Waals surface area (Å²) in [6.07, 6.45) is 3.91. The first-order chi connectivity index (χ1) is 15.8. The van der Waals surface area contributed by atoms with Gasteiger partial charge in [0.2, 0.25) is 5.43 Å². The first kappa shape index (κ1) is 19.5. The van der Waals surface area contributed by atoms with Crippen molar-refractivity contribution in [3.8, 4) is 17.2 Å². The molecular formula is C28H20N2O2. The Labute approximate surface area is 185 Å². The number of hydrogen-bond donors (Lipinski definition) is 0. The molecular weight excluding hydrogens is 396 g/mol. The highest BCUT2D eigenvalue weighted by atomic mass is 16.5. The van der Waals surface area contributed by atoms with Crippen molar-refractivity contribution in [2.75, 3.05) is 0 Å². The molecule has 0 aliphatic rings. The first-order valence-corrected chi connectivity index (χ1v) is 10.4. The van der Waals surface area contributed by atoms with Gasteiger partial charge in [0.25, 0.3) is 0 Å². The van der Waals surface area contributed by atoms with E-state index in [1.165, 1.54) is 0 Å². The predicted molar refractivity (Wildman–Crippen MR) is 129 cm³/mol. The van der Waals surface area contributed by atoms with Crippen LogP contribution in [-0.2, 0) is 0 Å². The average molecular weight is 416 g/mol. The molecule has 0 amide bonds. The quantitative estimate of drug-likeness (QED) is 0.335. The summed E-state index contributed by atoms with van der Waals surface area (Å²) < 4.78 is 7.65. The minimum Gasteiger partial charge on any atom is -0.457 e. The molecule has 5 aromatic rings. The van der Waals surface area contributed by atoms with E-state index in [4.69, 9.17) is 9.84 Å². The molecule has 154 valence electrons. The van der Waals surface area contributed by atoms with Crippen molar-refractivity contribution in [1.82, 2.24) is 9.78 Å². The molecule has 0 atom stereocenters. The fourth-order valence-electron chi connectivity index (χ4n) is 3.58. The number of hydrogen-bond acceptors (Lipinski definition) is 3. The molecule has 0 bridgehead atoms. The van der Waals surface area contributed by atoms with E-state index < -0.39 is 0 Å². The lowest BCUT2D eigenvalue weighted by molar-refractivity contribution is 0.482. The van der Waals surface area contributed by atoms with Gasteiger partial charge in [0, 0.05) is 5.39 Å². The van der Waals surface area contributed by atoms with Crippen LogP contribution in [0.15, 0.2) is 114 Å². The number of rotatable bonds is 5. The lowest BCUT2D eigenvalue weighted by Crippen LogP contribution is -2.04. The summed E-state index contributed by atoms with van der Waals surface area (Å²) in [4.78, 5) is 12.8. The maximum absolute atomic E-state index is 12.8. The van der Waals surface area contributed by atoms with Gasteiger partial charge in [-0.1, -0.05) is 72.8 Å². The molecule has 0 saturated heterocycles. The smallest absolute Gasteiger partial charge is 0.204 e. The van der Waals surface area contributed by atoms with Crippen molar-refractivity contribution in [1.29, 1.82) is 0 Å². The van der Waals surface area contributed by atoms with Crippen LogP contribution < -0.4 is 10.2 Å². The van der Waals surface area contributed by atoms with Crippen molar-refractivity contribution < 1.29 is 4.74 Å². The molecule has 0 aliphatic carbocycles. The minimum atomic E-state index is -0.0701. The number of nitrogens with zero attached hydrogens (tertiary/aromatic N) is 2. The van der Waals surface area contributed by atoms with Gasteiger partial charge in [0.05, 0.1) is 11.4 Å². The highest BCUT2D eigenvalue weighted by molar-refractivity contribution is 5.90. The van der Waals surface area contributed by atoms with E-state index in [2.05, 4.69) is 0 Å². The predicted octanol–water partition coefficient (Wildman–Crippen LogP) is 6.35. The average Bonchev–Trinajstić information content (AvgIpc) is 3.09. The van der Waals surface area contributed by atoms with E-state index in [0.717, 1.165) is 33.8 Å². The second kappa shape index (κ2) is 8.74. The van der Waals surface area contributed by atoms with Crippen molar-refractivity contribution in [2.24, 2.45) is 0 Å². The van der Waals surface area contributed by atoms with Gasteiger partial charge < -0.3 is 4.74 Å². The molecule has 4 heteroatoms. The summed E-state index contributed by atoms with van der Waals surface area (Å²) in [5.74, 6) is 1.54. The Morgan fingerprint density at radius 3 is 2.19 bits per heavy atom. The van der Waals surface area contributed by atoms with Crippen LogP contribution in [0.4, 0.5) is 0 Å². The molecule has 0 spiro atoms. The molecule has 1 heterocycles. The summed E-state index contributed by atoms with van der Waals surface area (Å²) in [5, 5.41) is 5.55. The van der Waals surface area contributed by atoms with Crippen molar-refractivity contribution in [2.45, 2.75) is 0 Å². The second-order valence-electron chi connectivity index (χ2n) is 7.30. The number of benzene rings is 3. The normalized spacial score (nSPS) is 11.1. The molecule has 5 rings (SSSR count). The Morgan fingerprint density at radius 1 is 0.688 bits per heavy atom. The van der Waals surface area contributed by atoms with Gasteiger partial charge in [-0.2, -0.15) is 5.10 Å². The van der Waals surface area contributed by atoms with Crippen molar-refractivity contribution in [3.05, 3.63) is 131 Å². The second-order valence-corrected chi connectivity index (χ2v) is 7.30. The van der Waals surface area contributed by atoms with E-state index in [1.54, 1.807) is 16.8 Å². The van der Waals surface area contributed by atoms with Crippen molar-refractivity contribution >= 4 is 23.1 Å². The van der Waals surface area contributed by atoms with E-state index >= 15 is 0 Å². The number of para-hydroxylation sites is 2. The number of fused-ring (bicyclic) bond motifs is 1. The number of ether oxygens (including phenoxy) is 1. The zero-order valence-corrected chi connectivity index (χ0v) is 17.3. The Hall–Kier alpha value is -4.44. The van der Waals surface area contributed by atoms with Crippen LogP contribution >= 0.6 is 0 Å². The number of aromatic nitrogens is 2. The molecule has 0 aliphatic heterocycles. The Morgan fingerprint density at radius 2 is 1.38 bits per heavy atom. The third-order valence-corrected chi connectivity index (χ3v) is 5.08. The molecule has 0 fully saturated rings. The van der Waals surface area contributed by atoms with Gasteiger partial charge >= 0.3 is 0 Å². The largest absolute Gasteiger partial charge is 0.457 e. The molecule has 0 radical (unpaired) electrons. The van der Waals surface area contributed by atoms with E-state index in [0.29, 0.717) is 5.52 Å². The fraction of sp³-hybridized carbons (Fsp3) is 0. The van der Waals surface area contributed by atoms with Crippen LogP contribution in [0.1, 0.15) is 11.3 Å². The summed E-state index contributed by atoms with van der Waals surface area (Å²) in [5.41, 5.74) is 3.04. The summed E-state index contributed by atoms with van der Waals surface area (Å²) in [6, 6.07) is 34.4. The van der Waals surface area contributed by atoms with Gasteiger partial charge in [-0.3, -0.25) is 4.79 Å². The van der Waals surface area contributed by atoms with Gasteiger partial charge in [0.1, 0.15) is 17.0 Å². The van der Waals surface area contributed by atoms with Gasteiger partial charge in [0.15, 0.2) is 0 Å². The third kappa shape index (κ3) is 4.07. The maximum atomic E-state index is 12.8. The summed E-state index contributed by atoms with van der Waals surface area (Å²) in [6.45, 7) is 0. The van der Waals surface area contributed by atoms with Gasteiger partial charge in [-0.25, -0.2) is 4.68 Å². The molecule has 1 aromatic heterocycles. The minimum absolute atomic E-state index is 0.0701. The Balaban J connectivity index is 1.54. The topological polar surface area (TPSA) is 44.1 Å². The van der Waals surface area contributed by atoms with Crippen LogP contribution in [-0.4, -0.2) is 9.78 Å². The van der Waals surface area contributed by atoms with E-state index in [-0.39, 0.29) is 5.43 Å². The Bertz CT molecular complexity index is 1460. The van der Waals surface area contributed by atoms with Gasteiger partial charge in [-0.05, 0) is 54.1 Å². The van der Waals surface area contributed by atoms with Crippen LogP contribution in [0, 0.1) is 0 Å². The SMILES string of the molecule is O=c1ccccc2c(C=Cc3cccc(Oc4ccccc4)c3)nn(-c3ccccc3)c12. The standard InChI is InChI=1S/C28H20N2O2/c31-27-17-8-7-16-25-26(29-30(28(25)27)22-11-3-1-4-12-22)19-18-21-10-9-15-24(20-21)32-23-13-5-2-6-14-23/h1-20H. The summed E-state index contributed by atoms with van der Waals surface area (Å²) in [7, 11) is 0. The van der Waals surface area contributed by atoms with Crippen LogP contribution in [0.2, 0.25) is 0 Å². The highest BCUT2D eigenvalue weighted by Crippen LogP contribution is 2.24. The van der Waals surface area contributed by atoms with Crippen LogP contribution in [0.5, 0.6) is 11.5 Å². The van der Waals surface area contributed by atoms with Crippen LogP contribution in [0.25, 0.3) is 28.7 Å². The Kier molecular flexibility index (Phi) is 5.33. The molecule has 0 saturated carbocycles. The molecule has 0 N–H and O–H groups in total. The summed E-state index contributed by atoms with van der Waals surface area (Å²) >= 11 is 0. The lowest BCUT2D eigenvalue weighted by Gasteiger charge is -2.05. The van der Waals surface area contributed by atoms with Gasteiger partial charge in [-0.15, -0.1) is 0 Å². The van der Waals surface area contributed by atoms with E-state index in [1.807, 2.05) is 109 Å². The molecule has 0 unspecified atom stereocenters. The zero-order valence-electron chi connectivity index (χ0n) is 17.3. The molecule has 32 heavy (non-hydrogen) atoms. The van der Waals surface area contributed by atoms with Crippen LogP contribution in [0.3, 0.4) is 0 Å². The zero-order chi connectivity index (χ0) is 21.8. The fourth-order valence-corrected chi connectivity index (χ4v) is 3.58. The third-order valence-electron chi connectivity index (χ3n) is 5.08. The van der Waals surface area contributed by atoms with E-state index in [9.17, 15) is 4.79 Å². The monoisotopic (exact) mass is 416 g/mol. The molecule has 4 aromatic carbocycles. The van der Waals surface area contributed by atoms with Crippen molar-refractivity contribution in [3.63, 3.8) is 0 Å². The maximum Gasteiger partial charge on any atom is 0.204 e. The lowest BCUT2D eigenvalue weighted by atomic mass is 10.1.